The molecule has 1 aliphatic rings. The lowest BCUT2D eigenvalue weighted by Crippen LogP contribution is -2.41. The maximum absolute atomic E-state index is 6.31. The smallest absolute Gasteiger partial charge is 0.0366 e. The average Bonchev–Trinajstić information content (AvgIpc) is 2.46. The zero-order valence-corrected chi connectivity index (χ0v) is 12.2. The van der Waals surface area contributed by atoms with E-state index < -0.39 is 0 Å². The number of nitrogens with zero attached hydrogens (tertiary/aromatic N) is 1. The molecule has 106 valence electrons. The molecule has 1 aromatic carbocycles. The summed E-state index contributed by atoms with van der Waals surface area (Å²) in [6.45, 7) is 4.55. The summed E-state index contributed by atoms with van der Waals surface area (Å²) in [6.07, 6.45) is 7.70. The molecular formula is C17H28N2. The van der Waals surface area contributed by atoms with E-state index in [4.69, 9.17) is 5.73 Å². The monoisotopic (exact) mass is 260 g/mol. The highest BCUT2D eigenvalue weighted by atomic mass is 15.1. The Balaban J connectivity index is 2.01. The topological polar surface area (TPSA) is 29.3 Å². The van der Waals surface area contributed by atoms with Crippen molar-refractivity contribution in [2.45, 2.75) is 51.5 Å². The maximum Gasteiger partial charge on any atom is 0.0366 e. The Morgan fingerprint density at radius 3 is 2.58 bits per heavy atom. The van der Waals surface area contributed by atoms with Crippen molar-refractivity contribution >= 4 is 5.69 Å². The van der Waals surface area contributed by atoms with Gasteiger partial charge in [0.15, 0.2) is 0 Å². The SMILES string of the molecule is CCCCN(CC1CCCCC1N)c1ccccc1. The van der Waals surface area contributed by atoms with Crippen LogP contribution in [0.1, 0.15) is 45.4 Å². The van der Waals surface area contributed by atoms with Gasteiger partial charge in [0.1, 0.15) is 0 Å². The first-order chi connectivity index (χ1) is 9.31. The second-order valence-corrected chi connectivity index (χ2v) is 5.84. The molecule has 19 heavy (non-hydrogen) atoms. The number of unbranched alkanes of at least 4 members (excludes halogenated alkanes) is 1. The van der Waals surface area contributed by atoms with Crippen LogP contribution in [0.3, 0.4) is 0 Å². The first-order valence-corrected chi connectivity index (χ1v) is 7.87. The molecule has 2 rings (SSSR count). The first-order valence-electron chi connectivity index (χ1n) is 7.87. The van der Waals surface area contributed by atoms with Crippen molar-refractivity contribution in [2.24, 2.45) is 11.7 Å². The minimum atomic E-state index is 0.404. The summed E-state index contributed by atoms with van der Waals surface area (Å²) in [5, 5.41) is 0. The van der Waals surface area contributed by atoms with E-state index in [1.165, 1.54) is 44.2 Å². The van der Waals surface area contributed by atoms with Crippen LogP contribution in [0.2, 0.25) is 0 Å². The predicted molar refractivity (Wildman–Crippen MR) is 83.5 cm³/mol. The molecule has 0 spiro atoms. The van der Waals surface area contributed by atoms with E-state index in [0.717, 1.165) is 13.1 Å². The largest absolute Gasteiger partial charge is 0.371 e. The molecule has 1 fully saturated rings. The molecule has 0 heterocycles. The van der Waals surface area contributed by atoms with E-state index in [1.807, 2.05) is 0 Å². The van der Waals surface area contributed by atoms with Crippen molar-refractivity contribution in [2.75, 3.05) is 18.0 Å². The minimum absolute atomic E-state index is 0.404. The molecular weight excluding hydrogens is 232 g/mol. The maximum atomic E-state index is 6.31. The average molecular weight is 260 g/mol. The highest BCUT2D eigenvalue weighted by Crippen LogP contribution is 2.26. The molecule has 0 amide bonds. The molecule has 0 aromatic heterocycles. The van der Waals surface area contributed by atoms with Crippen LogP contribution in [-0.2, 0) is 0 Å². The van der Waals surface area contributed by atoms with Gasteiger partial charge in [0.25, 0.3) is 0 Å². The third kappa shape index (κ3) is 4.24. The lowest BCUT2D eigenvalue weighted by Gasteiger charge is -2.35. The second kappa shape index (κ2) is 7.54. The van der Waals surface area contributed by atoms with Crippen LogP contribution in [0.4, 0.5) is 5.69 Å². The molecule has 1 aromatic rings. The highest BCUT2D eigenvalue weighted by molar-refractivity contribution is 5.46. The fraction of sp³-hybridized carbons (Fsp3) is 0.647. The van der Waals surface area contributed by atoms with Crippen LogP contribution in [0.15, 0.2) is 30.3 Å². The van der Waals surface area contributed by atoms with Gasteiger partial charge in [-0.05, 0) is 37.3 Å². The van der Waals surface area contributed by atoms with Gasteiger partial charge < -0.3 is 10.6 Å². The van der Waals surface area contributed by atoms with Gasteiger partial charge in [-0.3, -0.25) is 0 Å². The summed E-state index contributed by atoms with van der Waals surface area (Å²) in [5.74, 6) is 0.672. The molecule has 1 saturated carbocycles. The van der Waals surface area contributed by atoms with Crippen molar-refractivity contribution in [3.8, 4) is 0 Å². The van der Waals surface area contributed by atoms with Gasteiger partial charge in [-0.15, -0.1) is 0 Å². The fourth-order valence-electron chi connectivity index (χ4n) is 3.06. The number of hydrogen-bond donors (Lipinski definition) is 1. The molecule has 2 heteroatoms. The van der Waals surface area contributed by atoms with Gasteiger partial charge in [-0.2, -0.15) is 0 Å². The number of benzene rings is 1. The van der Waals surface area contributed by atoms with Gasteiger partial charge in [-0.1, -0.05) is 44.4 Å². The van der Waals surface area contributed by atoms with Crippen LogP contribution in [-0.4, -0.2) is 19.1 Å². The van der Waals surface area contributed by atoms with Crippen LogP contribution in [0.25, 0.3) is 0 Å². The second-order valence-electron chi connectivity index (χ2n) is 5.84. The molecule has 0 bridgehead atoms. The Kier molecular flexibility index (Phi) is 5.71. The number of para-hydroxylation sites is 1. The summed E-state index contributed by atoms with van der Waals surface area (Å²) in [7, 11) is 0. The van der Waals surface area contributed by atoms with Crippen molar-refractivity contribution in [3.05, 3.63) is 30.3 Å². The first kappa shape index (κ1) is 14.4. The molecule has 2 N–H and O–H groups in total. The van der Waals surface area contributed by atoms with Crippen LogP contribution >= 0.6 is 0 Å². The van der Waals surface area contributed by atoms with E-state index in [2.05, 4.69) is 42.2 Å². The van der Waals surface area contributed by atoms with Gasteiger partial charge in [0.05, 0.1) is 0 Å². The molecule has 0 saturated heterocycles. The summed E-state index contributed by atoms with van der Waals surface area (Å²) >= 11 is 0. The third-order valence-electron chi connectivity index (χ3n) is 4.33. The van der Waals surface area contributed by atoms with Crippen molar-refractivity contribution in [1.29, 1.82) is 0 Å². The van der Waals surface area contributed by atoms with Crippen LogP contribution in [0.5, 0.6) is 0 Å². The molecule has 0 aliphatic heterocycles. The Bertz CT molecular complexity index is 350. The van der Waals surface area contributed by atoms with Crippen LogP contribution < -0.4 is 10.6 Å². The van der Waals surface area contributed by atoms with Crippen molar-refractivity contribution in [1.82, 2.24) is 0 Å². The van der Waals surface area contributed by atoms with E-state index in [1.54, 1.807) is 0 Å². The molecule has 2 unspecified atom stereocenters. The molecule has 2 nitrogen and oxygen atoms in total. The Labute approximate surface area is 118 Å². The lowest BCUT2D eigenvalue weighted by atomic mass is 9.84. The molecule has 2 atom stereocenters. The Morgan fingerprint density at radius 1 is 1.16 bits per heavy atom. The quantitative estimate of drug-likeness (QED) is 0.842. The van der Waals surface area contributed by atoms with E-state index in [0.29, 0.717) is 12.0 Å². The normalized spacial score (nSPS) is 23.3. The molecule has 1 aliphatic carbocycles. The number of nitrogens with two attached hydrogens (primary N) is 1. The standard InChI is InChI=1S/C17H28N2/c1-2-3-13-19(16-10-5-4-6-11-16)14-15-9-7-8-12-17(15)18/h4-6,10-11,15,17H,2-3,7-9,12-14,18H2,1H3. The van der Waals surface area contributed by atoms with Crippen molar-refractivity contribution < 1.29 is 0 Å². The number of anilines is 1. The van der Waals surface area contributed by atoms with Gasteiger partial charge in [0.2, 0.25) is 0 Å². The predicted octanol–water partition coefficient (Wildman–Crippen LogP) is 3.81. The highest BCUT2D eigenvalue weighted by Gasteiger charge is 2.23. The van der Waals surface area contributed by atoms with E-state index in [9.17, 15) is 0 Å². The Hall–Kier alpha value is -1.02. The van der Waals surface area contributed by atoms with E-state index in [-0.39, 0.29) is 0 Å². The van der Waals surface area contributed by atoms with Crippen molar-refractivity contribution in [3.63, 3.8) is 0 Å². The molecule has 0 radical (unpaired) electrons. The summed E-state index contributed by atoms with van der Waals surface area (Å²) in [5.41, 5.74) is 7.66. The van der Waals surface area contributed by atoms with Gasteiger partial charge in [-0.25, -0.2) is 0 Å². The third-order valence-corrected chi connectivity index (χ3v) is 4.33. The van der Waals surface area contributed by atoms with E-state index >= 15 is 0 Å². The lowest BCUT2D eigenvalue weighted by molar-refractivity contribution is 0.308. The summed E-state index contributed by atoms with van der Waals surface area (Å²) < 4.78 is 0. The number of rotatable bonds is 6. The van der Waals surface area contributed by atoms with Crippen LogP contribution in [0, 0.1) is 5.92 Å². The summed E-state index contributed by atoms with van der Waals surface area (Å²) in [6, 6.07) is 11.2. The zero-order chi connectivity index (χ0) is 13.5. The van der Waals surface area contributed by atoms with Gasteiger partial charge in [0, 0.05) is 24.8 Å². The summed E-state index contributed by atoms with van der Waals surface area (Å²) in [4.78, 5) is 2.54. The minimum Gasteiger partial charge on any atom is -0.371 e. The fourth-order valence-corrected chi connectivity index (χ4v) is 3.06. The van der Waals surface area contributed by atoms with Gasteiger partial charge >= 0.3 is 0 Å². The zero-order valence-electron chi connectivity index (χ0n) is 12.2. The Morgan fingerprint density at radius 2 is 1.89 bits per heavy atom. The number of hydrogen-bond acceptors (Lipinski definition) is 2.